The number of aromatic nitrogens is 1. The second kappa shape index (κ2) is 9.69. The second-order valence-corrected chi connectivity index (χ2v) is 8.77. The first-order chi connectivity index (χ1) is 17.5. The van der Waals surface area contributed by atoms with Crippen molar-refractivity contribution in [2.75, 3.05) is 26.1 Å². The molecule has 1 saturated heterocycles. The Labute approximate surface area is 208 Å². The molecular weight excluding hydrogens is 460 g/mol. The zero-order valence-electron chi connectivity index (χ0n) is 20.0. The maximum absolute atomic E-state index is 13.6. The van der Waals surface area contributed by atoms with Gasteiger partial charge in [-0.3, -0.25) is 19.4 Å². The fourth-order valence-electron chi connectivity index (χ4n) is 4.76. The van der Waals surface area contributed by atoms with Crippen molar-refractivity contribution in [3.63, 3.8) is 0 Å². The first-order valence-electron chi connectivity index (χ1n) is 11.7. The van der Waals surface area contributed by atoms with E-state index >= 15 is 0 Å². The van der Waals surface area contributed by atoms with Crippen LogP contribution < -0.4 is 20.1 Å². The lowest BCUT2D eigenvalue weighted by molar-refractivity contribution is -0.121. The molecule has 3 amide bonds. The Bertz CT molecular complexity index is 1330. The van der Waals surface area contributed by atoms with Crippen molar-refractivity contribution >= 4 is 23.4 Å². The number of pyridine rings is 1. The number of nitrogens with one attached hydrogen (secondary N) is 2. The summed E-state index contributed by atoms with van der Waals surface area (Å²) in [5.41, 5.74) is 2.92. The van der Waals surface area contributed by atoms with Gasteiger partial charge in [-0.15, -0.1) is 0 Å². The number of hydrogen-bond donors (Lipinski definition) is 2. The summed E-state index contributed by atoms with van der Waals surface area (Å²) in [6.07, 6.45) is 3.97. The third-order valence-electron chi connectivity index (χ3n) is 6.65. The maximum Gasteiger partial charge on any atom is 0.256 e. The van der Waals surface area contributed by atoms with Gasteiger partial charge >= 0.3 is 0 Å². The van der Waals surface area contributed by atoms with Crippen LogP contribution in [0.4, 0.5) is 5.69 Å². The number of benzene rings is 2. The summed E-state index contributed by atoms with van der Waals surface area (Å²) in [6, 6.07) is 13.3. The third-order valence-corrected chi connectivity index (χ3v) is 6.65. The van der Waals surface area contributed by atoms with Gasteiger partial charge in [0.15, 0.2) is 0 Å². The number of nitrogens with zero attached hydrogens (tertiary/aromatic N) is 2. The van der Waals surface area contributed by atoms with Crippen molar-refractivity contribution in [3.05, 3.63) is 72.1 Å². The predicted octanol–water partition coefficient (Wildman–Crippen LogP) is 3.12. The molecule has 0 bridgehead atoms. The van der Waals surface area contributed by atoms with E-state index in [1.165, 1.54) is 6.20 Å². The smallest absolute Gasteiger partial charge is 0.256 e. The van der Waals surface area contributed by atoms with Gasteiger partial charge in [-0.05, 0) is 54.8 Å². The van der Waals surface area contributed by atoms with Gasteiger partial charge in [0.25, 0.3) is 11.8 Å². The highest BCUT2D eigenvalue weighted by molar-refractivity contribution is 6.10. The molecule has 2 aliphatic heterocycles. The second-order valence-electron chi connectivity index (χ2n) is 8.77. The van der Waals surface area contributed by atoms with Crippen LogP contribution in [0.15, 0.2) is 60.9 Å². The summed E-state index contributed by atoms with van der Waals surface area (Å²) in [5, 5.41) is 5.88. The zero-order valence-corrected chi connectivity index (χ0v) is 20.0. The molecule has 0 spiro atoms. The normalized spacial score (nSPS) is 18.9. The van der Waals surface area contributed by atoms with Gasteiger partial charge in [0.1, 0.15) is 17.5 Å². The fraction of sp³-hybridized carbons (Fsp3) is 0.259. The van der Waals surface area contributed by atoms with Crippen LogP contribution in [-0.2, 0) is 4.79 Å². The quantitative estimate of drug-likeness (QED) is 0.574. The van der Waals surface area contributed by atoms with Crippen LogP contribution in [0, 0.1) is 0 Å². The standard InChI is InChI=1S/C27H26N4O5/c1-35-19-6-7-20(24(14-19)36-2)16-5-8-22-21(12-16)27(34)31-11-9-18(13-23(31)26(33)30-22)29-25(32)17-4-3-10-28-15-17/h3-8,10,12,14-15,18,23H,9,11,13H2,1-2H3,(H,29,32)(H,30,33). The summed E-state index contributed by atoms with van der Waals surface area (Å²) in [6.45, 7) is 0.352. The van der Waals surface area contributed by atoms with E-state index in [0.717, 1.165) is 11.1 Å². The molecule has 2 unspecified atom stereocenters. The average molecular weight is 487 g/mol. The molecule has 9 nitrogen and oxygen atoms in total. The van der Waals surface area contributed by atoms with E-state index in [-0.39, 0.29) is 23.8 Å². The highest BCUT2D eigenvalue weighted by Crippen LogP contribution is 2.37. The molecule has 2 atom stereocenters. The van der Waals surface area contributed by atoms with Gasteiger partial charge in [0, 0.05) is 36.6 Å². The van der Waals surface area contributed by atoms with E-state index < -0.39 is 6.04 Å². The topological polar surface area (TPSA) is 110 Å². The summed E-state index contributed by atoms with van der Waals surface area (Å²) < 4.78 is 10.8. The number of ether oxygens (including phenoxy) is 2. The maximum atomic E-state index is 13.6. The minimum absolute atomic E-state index is 0.222. The van der Waals surface area contributed by atoms with Gasteiger partial charge in [-0.1, -0.05) is 6.07 Å². The summed E-state index contributed by atoms with van der Waals surface area (Å²) >= 11 is 0. The molecule has 0 saturated carbocycles. The lowest BCUT2D eigenvalue weighted by Crippen LogP contribution is -2.55. The van der Waals surface area contributed by atoms with Crippen molar-refractivity contribution in [2.24, 2.45) is 0 Å². The lowest BCUT2D eigenvalue weighted by atomic mass is 9.95. The highest BCUT2D eigenvalue weighted by atomic mass is 16.5. The fourth-order valence-corrected chi connectivity index (χ4v) is 4.76. The summed E-state index contributed by atoms with van der Waals surface area (Å²) in [5.74, 6) is 0.540. The Hall–Kier alpha value is -4.40. The van der Waals surface area contributed by atoms with Gasteiger partial charge in [0.2, 0.25) is 5.91 Å². The number of piperidine rings is 1. The number of rotatable bonds is 5. The van der Waals surface area contributed by atoms with E-state index in [1.807, 2.05) is 18.2 Å². The van der Waals surface area contributed by atoms with Crippen molar-refractivity contribution in [1.29, 1.82) is 0 Å². The Morgan fingerprint density at radius 2 is 1.94 bits per heavy atom. The molecule has 0 aliphatic carbocycles. The van der Waals surface area contributed by atoms with E-state index in [1.54, 1.807) is 55.6 Å². The number of anilines is 1. The summed E-state index contributed by atoms with van der Waals surface area (Å²) in [4.78, 5) is 44.9. The first kappa shape index (κ1) is 23.3. The van der Waals surface area contributed by atoms with E-state index in [0.29, 0.717) is 47.7 Å². The number of amides is 3. The Balaban J connectivity index is 1.39. The Kier molecular flexibility index (Phi) is 6.28. The van der Waals surface area contributed by atoms with E-state index in [2.05, 4.69) is 15.6 Å². The highest BCUT2D eigenvalue weighted by Gasteiger charge is 2.40. The molecule has 1 fully saturated rings. The molecule has 1 aromatic heterocycles. The van der Waals surface area contributed by atoms with Crippen LogP contribution in [0.2, 0.25) is 0 Å². The molecule has 5 rings (SSSR count). The van der Waals surface area contributed by atoms with Gasteiger partial charge in [-0.25, -0.2) is 0 Å². The number of methoxy groups -OCH3 is 2. The van der Waals surface area contributed by atoms with Gasteiger partial charge in [0.05, 0.1) is 31.0 Å². The zero-order chi connectivity index (χ0) is 25.2. The van der Waals surface area contributed by atoms with Crippen molar-refractivity contribution in [2.45, 2.75) is 24.9 Å². The van der Waals surface area contributed by atoms with Crippen molar-refractivity contribution in [3.8, 4) is 22.6 Å². The van der Waals surface area contributed by atoms with Crippen LogP contribution in [-0.4, -0.2) is 60.5 Å². The average Bonchev–Trinajstić information content (AvgIpc) is 3.02. The molecule has 2 aliphatic rings. The van der Waals surface area contributed by atoms with Crippen LogP contribution in [0.1, 0.15) is 33.6 Å². The minimum Gasteiger partial charge on any atom is -0.497 e. The molecule has 3 aromatic rings. The van der Waals surface area contributed by atoms with Crippen molar-refractivity contribution < 1.29 is 23.9 Å². The Morgan fingerprint density at radius 1 is 1.08 bits per heavy atom. The van der Waals surface area contributed by atoms with Crippen molar-refractivity contribution in [1.82, 2.24) is 15.2 Å². The molecule has 2 N–H and O–H groups in total. The van der Waals surface area contributed by atoms with Crippen LogP contribution in [0.3, 0.4) is 0 Å². The van der Waals surface area contributed by atoms with E-state index in [4.69, 9.17) is 9.47 Å². The molecule has 3 heterocycles. The SMILES string of the molecule is COc1ccc(-c2ccc3c(c2)C(=O)N2CCC(NC(=O)c4cccnc4)CC2C(=O)N3)c(OC)c1. The number of hydrogen-bond acceptors (Lipinski definition) is 6. The van der Waals surface area contributed by atoms with Crippen LogP contribution in [0.25, 0.3) is 11.1 Å². The van der Waals surface area contributed by atoms with Gasteiger partial charge < -0.3 is 25.0 Å². The first-order valence-corrected chi connectivity index (χ1v) is 11.7. The predicted molar refractivity (Wildman–Crippen MR) is 133 cm³/mol. The lowest BCUT2D eigenvalue weighted by Gasteiger charge is -2.37. The van der Waals surface area contributed by atoms with Crippen LogP contribution >= 0.6 is 0 Å². The molecule has 0 radical (unpaired) electrons. The number of carbonyl (C=O) groups is 3. The van der Waals surface area contributed by atoms with E-state index in [9.17, 15) is 14.4 Å². The number of carbonyl (C=O) groups excluding carboxylic acids is 3. The minimum atomic E-state index is -0.683. The third kappa shape index (κ3) is 4.35. The molecule has 36 heavy (non-hydrogen) atoms. The molecule has 9 heteroatoms. The van der Waals surface area contributed by atoms with Gasteiger partial charge in [-0.2, -0.15) is 0 Å². The molecular formula is C27H26N4O5. The molecule has 2 aromatic carbocycles. The summed E-state index contributed by atoms with van der Waals surface area (Å²) in [7, 11) is 3.16. The Morgan fingerprint density at radius 3 is 2.69 bits per heavy atom. The molecule has 184 valence electrons. The van der Waals surface area contributed by atoms with Crippen LogP contribution in [0.5, 0.6) is 11.5 Å². The largest absolute Gasteiger partial charge is 0.497 e. The monoisotopic (exact) mass is 486 g/mol. The number of fused-ring (bicyclic) bond motifs is 2.